The van der Waals surface area contributed by atoms with Crippen LogP contribution in [-0.2, 0) is 4.79 Å². The second-order valence-electron chi connectivity index (χ2n) is 7.19. The first-order chi connectivity index (χ1) is 13.2. The van der Waals surface area contributed by atoms with E-state index in [0.717, 1.165) is 32.1 Å². The fraction of sp³-hybridized carbons (Fsp3) is 0.500. The number of amides is 2. The monoisotopic (exact) mass is 369 g/mol. The summed E-state index contributed by atoms with van der Waals surface area (Å²) in [6, 6.07) is 1.41. The number of nitrogens with one attached hydrogen (secondary N) is 1. The maximum atomic E-state index is 13.2. The zero-order chi connectivity index (χ0) is 18.4. The van der Waals surface area contributed by atoms with Gasteiger partial charge in [0.1, 0.15) is 5.69 Å². The minimum Gasteiger partial charge on any atom is -0.466 e. The molecule has 3 aliphatic rings. The molecule has 0 spiro atoms. The van der Waals surface area contributed by atoms with Crippen molar-refractivity contribution in [3.63, 3.8) is 0 Å². The molecule has 1 atom stereocenters. The first-order valence-corrected chi connectivity index (χ1v) is 9.26. The molecule has 1 saturated heterocycles. The fourth-order valence-corrected chi connectivity index (χ4v) is 3.58. The minimum atomic E-state index is -0.260. The molecule has 27 heavy (non-hydrogen) atoms. The third-order valence-corrected chi connectivity index (χ3v) is 5.16. The number of pyridine rings is 1. The standard InChI is InChI=1S/C18H19N5O4/c24-14-9-26-17-12(20-14)7-11(8-19-17)18(25)23-6-2-1-3-13(23)15-21-16(27-22-15)10-4-5-10/h7-8,10,13H,1-6,9H2,(H,20,24)/t13-/m0/s1. The number of carbonyl (C=O) groups excluding carboxylic acids is 2. The summed E-state index contributed by atoms with van der Waals surface area (Å²) in [4.78, 5) is 35.2. The number of fused-ring (bicyclic) bond motifs is 1. The molecule has 4 heterocycles. The van der Waals surface area contributed by atoms with Gasteiger partial charge in [0, 0.05) is 18.7 Å². The van der Waals surface area contributed by atoms with Crippen LogP contribution in [0.4, 0.5) is 5.69 Å². The van der Waals surface area contributed by atoms with E-state index in [0.29, 0.717) is 41.3 Å². The molecule has 2 fully saturated rings. The van der Waals surface area contributed by atoms with Gasteiger partial charge in [-0.25, -0.2) is 4.98 Å². The number of likely N-dealkylation sites (tertiary alicyclic amines) is 1. The summed E-state index contributed by atoms with van der Waals surface area (Å²) < 4.78 is 10.6. The van der Waals surface area contributed by atoms with Crippen LogP contribution in [0.5, 0.6) is 5.88 Å². The van der Waals surface area contributed by atoms with Crippen LogP contribution in [0.3, 0.4) is 0 Å². The summed E-state index contributed by atoms with van der Waals surface area (Å²) in [7, 11) is 0. The van der Waals surface area contributed by atoms with Crippen LogP contribution in [0.2, 0.25) is 0 Å². The SMILES string of the molecule is O=C1COc2ncc(C(=O)N3CCCC[C@H]3c3noc(C4CC4)n3)cc2N1. The third-order valence-electron chi connectivity index (χ3n) is 5.16. The molecule has 2 amide bonds. The Hall–Kier alpha value is -2.97. The summed E-state index contributed by atoms with van der Waals surface area (Å²) in [5.74, 6) is 1.54. The average Bonchev–Trinajstić information content (AvgIpc) is 3.43. The molecule has 0 aromatic carbocycles. The first kappa shape index (κ1) is 16.2. The molecule has 2 aromatic heterocycles. The number of hydrogen-bond acceptors (Lipinski definition) is 7. The zero-order valence-electron chi connectivity index (χ0n) is 14.7. The fourth-order valence-electron chi connectivity index (χ4n) is 3.58. The lowest BCUT2D eigenvalue weighted by Gasteiger charge is -2.34. The number of aromatic nitrogens is 3. The molecule has 0 unspecified atom stereocenters. The lowest BCUT2D eigenvalue weighted by atomic mass is 10.0. The molecular formula is C18H19N5O4. The van der Waals surface area contributed by atoms with Gasteiger partial charge in [0.15, 0.2) is 12.4 Å². The molecule has 2 aliphatic heterocycles. The highest BCUT2D eigenvalue weighted by Crippen LogP contribution is 2.40. The van der Waals surface area contributed by atoms with Crippen molar-refractivity contribution in [1.29, 1.82) is 0 Å². The normalized spacial score (nSPS) is 22.0. The van der Waals surface area contributed by atoms with E-state index < -0.39 is 0 Å². The number of ether oxygens (including phenoxy) is 1. The first-order valence-electron chi connectivity index (χ1n) is 9.26. The number of anilines is 1. The highest BCUT2D eigenvalue weighted by atomic mass is 16.5. The summed E-state index contributed by atoms with van der Waals surface area (Å²) in [5, 5.41) is 6.82. The van der Waals surface area contributed by atoms with Gasteiger partial charge in [-0.05, 0) is 38.2 Å². The molecule has 1 aliphatic carbocycles. The molecule has 140 valence electrons. The largest absolute Gasteiger partial charge is 0.466 e. The van der Waals surface area contributed by atoms with Crippen molar-refractivity contribution in [1.82, 2.24) is 20.0 Å². The quantitative estimate of drug-likeness (QED) is 0.881. The van der Waals surface area contributed by atoms with Gasteiger partial charge in [-0.1, -0.05) is 5.16 Å². The molecule has 1 N–H and O–H groups in total. The van der Waals surface area contributed by atoms with Crippen molar-refractivity contribution in [2.24, 2.45) is 0 Å². The molecule has 0 bridgehead atoms. The minimum absolute atomic E-state index is 0.0668. The van der Waals surface area contributed by atoms with Gasteiger partial charge >= 0.3 is 0 Å². The average molecular weight is 369 g/mol. The molecule has 0 radical (unpaired) electrons. The van der Waals surface area contributed by atoms with Crippen molar-refractivity contribution in [3.8, 4) is 5.88 Å². The van der Waals surface area contributed by atoms with Crippen LogP contribution in [-0.4, -0.2) is 45.0 Å². The van der Waals surface area contributed by atoms with Crippen LogP contribution in [0, 0.1) is 0 Å². The predicted octanol–water partition coefficient (Wildman–Crippen LogP) is 2.04. The summed E-state index contributed by atoms with van der Waals surface area (Å²) in [6.45, 7) is 0.555. The smallest absolute Gasteiger partial charge is 0.262 e. The van der Waals surface area contributed by atoms with Gasteiger partial charge in [0.05, 0.1) is 11.6 Å². The van der Waals surface area contributed by atoms with Crippen LogP contribution in [0.15, 0.2) is 16.8 Å². The van der Waals surface area contributed by atoms with Crippen LogP contribution in [0.1, 0.15) is 66.1 Å². The lowest BCUT2D eigenvalue weighted by molar-refractivity contribution is -0.118. The van der Waals surface area contributed by atoms with Crippen molar-refractivity contribution >= 4 is 17.5 Å². The Morgan fingerprint density at radius 2 is 2.15 bits per heavy atom. The van der Waals surface area contributed by atoms with Crippen molar-refractivity contribution < 1.29 is 18.8 Å². The maximum absolute atomic E-state index is 13.2. The molecule has 9 nitrogen and oxygen atoms in total. The Labute approximate surface area is 155 Å². The number of carbonyl (C=O) groups is 2. The van der Waals surface area contributed by atoms with E-state index in [1.54, 1.807) is 11.0 Å². The van der Waals surface area contributed by atoms with Gasteiger partial charge in [0.25, 0.3) is 11.8 Å². The number of rotatable bonds is 3. The van der Waals surface area contributed by atoms with Crippen LogP contribution in [0.25, 0.3) is 0 Å². The second-order valence-corrected chi connectivity index (χ2v) is 7.19. The van der Waals surface area contributed by atoms with Crippen molar-refractivity contribution in [2.75, 3.05) is 18.5 Å². The van der Waals surface area contributed by atoms with E-state index in [4.69, 9.17) is 9.26 Å². The Bertz CT molecular complexity index is 907. The number of nitrogens with zero attached hydrogens (tertiary/aromatic N) is 4. The van der Waals surface area contributed by atoms with Gasteiger partial charge in [-0.3, -0.25) is 9.59 Å². The molecule has 5 rings (SSSR count). The molecule has 1 saturated carbocycles. The molecule has 2 aromatic rings. The van der Waals surface area contributed by atoms with E-state index in [9.17, 15) is 9.59 Å². The van der Waals surface area contributed by atoms with Crippen LogP contribution < -0.4 is 10.1 Å². The van der Waals surface area contributed by atoms with E-state index >= 15 is 0 Å². The van der Waals surface area contributed by atoms with Crippen LogP contribution >= 0.6 is 0 Å². The summed E-state index contributed by atoms with van der Waals surface area (Å²) >= 11 is 0. The van der Waals surface area contributed by atoms with Crippen molar-refractivity contribution in [3.05, 3.63) is 29.5 Å². The number of hydrogen-bond donors (Lipinski definition) is 1. The zero-order valence-corrected chi connectivity index (χ0v) is 14.7. The van der Waals surface area contributed by atoms with Gasteiger partial charge in [0.2, 0.25) is 11.8 Å². The Balaban J connectivity index is 1.41. The van der Waals surface area contributed by atoms with E-state index in [1.807, 2.05) is 0 Å². The Morgan fingerprint density at radius 1 is 1.26 bits per heavy atom. The predicted molar refractivity (Wildman–Crippen MR) is 92.3 cm³/mol. The van der Waals surface area contributed by atoms with E-state index in [1.165, 1.54) is 6.20 Å². The van der Waals surface area contributed by atoms with Gasteiger partial charge < -0.3 is 19.5 Å². The molecular weight excluding hydrogens is 350 g/mol. The highest BCUT2D eigenvalue weighted by molar-refractivity contribution is 5.99. The highest BCUT2D eigenvalue weighted by Gasteiger charge is 2.35. The van der Waals surface area contributed by atoms with Gasteiger partial charge in [-0.15, -0.1) is 0 Å². The van der Waals surface area contributed by atoms with E-state index in [2.05, 4.69) is 20.4 Å². The summed E-state index contributed by atoms with van der Waals surface area (Å²) in [6.07, 6.45) is 6.39. The second kappa shape index (κ2) is 6.33. The lowest BCUT2D eigenvalue weighted by Crippen LogP contribution is -2.39. The third kappa shape index (κ3) is 3.02. The Kier molecular flexibility index (Phi) is 3.80. The van der Waals surface area contributed by atoms with Gasteiger partial charge in [-0.2, -0.15) is 4.98 Å². The number of piperidine rings is 1. The van der Waals surface area contributed by atoms with Crippen molar-refractivity contribution in [2.45, 2.75) is 44.1 Å². The Morgan fingerprint density at radius 3 is 3.00 bits per heavy atom. The molecule has 9 heteroatoms. The topological polar surface area (TPSA) is 110 Å². The summed E-state index contributed by atoms with van der Waals surface area (Å²) in [5.41, 5.74) is 0.818. The van der Waals surface area contributed by atoms with E-state index in [-0.39, 0.29) is 24.5 Å². The maximum Gasteiger partial charge on any atom is 0.262 e.